The molecule has 6 heteroatoms. The molecule has 0 spiro atoms. The van der Waals surface area contributed by atoms with E-state index < -0.39 is 0 Å². The molecular weight excluding hydrogens is 331 g/mol. The number of aromatic nitrogens is 2. The first kappa shape index (κ1) is 16.9. The largest absolute Gasteiger partial charge is 0.374 e. The molecule has 0 radical (unpaired) electrons. The molecule has 1 unspecified atom stereocenters. The molecule has 0 saturated carbocycles. The standard InChI is InChI=1S/C15H19Cl3N2O/c1-5-21-15(3,4)8-20-13-7-11(18)10(17)6-12(13)19-14(20)9(2)16/h6-7,9H,5,8H2,1-4H3. The molecule has 0 aliphatic rings. The number of hydrogen-bond donors (Lipinski definition) is 0. The molecule has 0 bridgehead atoms. The molecule has 116 valence electrons. The Bertz CT molecular complexity index is 650. The monoisotopic (exact) mass is 348 g/mol. The molecule has 1 heterocycles. The Hall–Kier alpha value is -0.480. The zero-order valence-electron chi connectivity index (χ0n) is 12.6. The van der Waals surface area contributed by atoms with Crippen LogP contribution in [0.5, 0.6) is 0 Å². The summed E-state index contributed by atoms with van der Waals surface area (Å²) in [6, 6.07) is 3.60. The zero-order chi connectivity index (χ0) is 15.8. The summed E-state index contributed by atoms with van der Waals surface area (Å²) in [4.78, 5) is 4.59. The van der Waals surface area contributed by atoms with E-state index in [2.05, 4.69) is 9.55 Å². The molecule has 0 amide bonds. The third-order valence-corrected chi connectivity index (χ3v) is 4.17. The summed E-state index contributed by atoms with van der Waals surface area (Å²) < 4.78 is 7.85. The second-order valence-corrected chi connectivity index (χ2v) is 7.09. The van der Waals surface area contributed by atoms with E-state index in [-0.39, 0.29) is 11.0 Å². The highest BCUT2D eigenvalue weighted by Gasteiger charge is 2.24. The number of halogens is 3. The highest BCUT2D eigenvalue weighted by atomic mass is 35.5. The summed E-state index contributed by atoms with van der Waals surface area (Å²) in [7, 11) is 0. The topological polar surface area (TPSA) is 27.1 Å². The van der Waals surface area contributed by atoms with Gasteiger partial charge in [-0.2, -0.15) is 0 Å². The maximum Gasteiger partial charge on any atom is 0.127 e. The molecule has 0 fully saturated rings. The van der Waals surface area contributed by atoms with Gasteiger partial charge in [0.2, 0.25) is 0 Å². The van der Waals surface area contributed by atoms with Gasteiger partial charge in [-0.15, -0.1) is 11.6 Å². The van der Waals surface area contributed by atoms with Gasteiger partial charge >= 0.3 is 0 Å². The number of rotatable bonds is 5. The predicted molar refractivity (Wildman–Crippen MR) is 89.7 cm³/mol. The predicted octanol–water partition coefficient (Wildman–Crippen LogP) is 5.46. The lowest BCUT2D eigenvalue weighted by molar-refractivity contribution is -0.0221. The van der Waals surface area contributed by atoms with Crippen LogP contribution in [0.4, 0.5) is 0 Å². The second-order valence-electron chi connectivity index (χ2n) is 5.62. The van der Waals surface area contributed by atoms with Crippen LogP contribution in [0.1, 0.15) is 38.9 Å². The molecule has 2 aromatic rings. The molecule has 2 rings (SSSR count). The van der Waals surface area contributed by atoms with E-state index in [9.17, 15) is 0 Å². The number of fused-ring (bicyclic) bond motifs is 1. The van der Waals surface area contributed by atoms with E-state index >= 15 is 0 Å². The fraction of sp³-hybridized carbons (Fsp3) is 0.533. The van der Waals surface area contributed by atoms with Gasteiger partial charge in [-0.1, -0.05) is 23.2 Å². The highest BCUT2D eigenvalue weighted by Crippen LogP contribution is 2.32. The van der Waals surface area contributed by atoms with E-state index in [0.29, 0.717) is 23.2 Å². The van der Waals surface area contributed by atoms with Gasteiger partial charge in [0, 0.05) is 6.61 Å². The number of nitrogens with zero attached hydrogens (tertiary/aromatic N) is 2. The number of alkyl halides is 1. The maximum atomic E-state index is 6.28. The molecule has 1 aromatic carbocycles. The maximum absolute atomic E-state index is 6.28. The van der Waals surface area contributed by atoms with Crippen LogP contribution in [0.15, 0.2) is 12.1 Å². The van der Waals surface area contributed by atoms with Crippen LogP contribution in [0.25, 0.3) is 11.0 Å². The van der Waals surface area contributed by atoms with Gasteiger partial charge in [0.05, 0.1) is 38.6 Å². The molecule has 1 atom stereocenters. The van der Waals surface area contributed by atoms with E-state index in [0.717, 1.165) is 16.9 Å². The molecule has 1 aromatic heterocycles. The van der Waals surface area contributed by atoms with Crippen LogP contribution < -0.4 is 0 Å². The normalized spacial score (nSPS) is 13.9. The van der Waals surface area contributed by atoms with Crippen molar-refractivity contribution in [1.29, 1.82) is 0 Å². The molecule has 0 aliphatic heterocycles. The number of imidazole rings is 1. The third-order valence-electron chi connectivity index (χ3n) is 3.25. The van der Waals surface area contributed by atoms with E-state index in [1.807, 2.05) is 33.8 Å². The Morgan fingerprint density at radius 1 is 1.29 bits per heavy atom. The lowest BCUT2D eigenvalue weighted by Crippen LogP contribution is -2.31. The Morgan fingerprint density at radius 2 is 1.90 bits per heavy atom. The van der Waals surface area contributed by atoms with Gasteiger partial charge in [0.15, 0.2) is 0 Å². The fourth-order valence-electron chi connectivity index (χ4n) is 2.43. The van der Waals surface area contributed by atoms with E-state index in [1.54, 1.807) is 6.07 Å². The zero-order valence-corrected chi connectivity index (χ0v) is 14.9. The summed E-state index contributed by atoms with van der Waals surface area (Å²) in [6.07, 6.45) is 0. The first-order valence-corrected chi connectivity index (χ1v) is 8.07. The summed E-state index contributed by atoms with van der Waals surface area (Å²) in [5, 5.41) is 0.785. The quantitative estimate of drug-likeness (QED) is 0.670. The molecule has 0 N–H and O–H groups in total. The van der Waals surface area contributed by atoms with Crippen LogP contribution >= 0.6 is 34.8 Å². The second kappa shape index (κ2) is 6.33. The SMILES string of the molecule is CCOC(C)(C)Cn1c(C(C)Cl)nc2cc(Cl)c(Cl)cc21. The smallest absolute Gasteiger partial charge is 0.127 e. The average Bonchev–Trinajstić information content (AvgIpc) is 2.68. The minimum Gasteiger partial charge on any atom is -0.374 e. The van der Waals surface area contributed by atoms with Crippen molar-refractivity contribution in [2.75, 3.05) is 6.61 Å². The average molecular weight is 350 g/mol. The minimum absolute atomic E-state index is 0.215. The van der Waals surface area contributed by atoms with Crippen LogP contribution in [0.3, 0.4) is 0 Å². The Balaban J connectivity index is 2.58. The van der Waals surface area contributed by atoms with Gasteiger partial charge in [0.25, 0.3) is 0 Å². The number of hydrogen-bond acceptors (Lipinski definition) is 2. The van der Waals surface area contributed by atoms with Crippen LogP contribution in [0.2, 0.25) is 10.0 Å². The molecule has 3 nitrogen and oxygen atoms in total. The van der Waals surface area contributed by atoms with Crippen molar-refractivity contribution in [3.05, 3.63) is 28.0 Å². The first-order valence-electron chi connectivity index (χ1n) is 6.88. The highest BCUT2D eigenvalue weighted by molar-refractivity contribution is 6.42. The third kappa shape index (κ3) is 3.65. The minimum atomic E-state index is -0.324. The molecule has 0 saturated heterocycles. The lowest BCUT2D eigenvalue weighted by Gasteiger charge is -2.26. The van der Waals surface area contributed by atoms with Gasteiger partial charge in [-0.3, -0.25) is 0 Å². The number of ether oxygens (including phenoxy) is 1. The van der Waals surface area contributed by atoms with Crippen molar-refractivity contribution < 1.29 is 4.74 Å². The van der Waals surface area contributed by atoms with Crippen molar-refractivity contribution in [1.82, 2.24) is 9.55 Å². The van der Waals surface area contributed by atoms with Gasteiger partial charge in [-0.25, -0.2) is 4.98 Å². The molecule has 0 aliphatic carbocycles. The molecular formula is C15H19Cl3N2O. The summed E-state index contributed by atoms with van der Waals surface area (Å²) >= 11 is 18.5. The van der Waals surface area contributed by atoms with Crippen LogP contribution in [0, 0.1) is 0 Å². The number of benzene rings is 1. The van der Waals surface area contributed by atoms with Gasteiger partial charge < -0.3 is 9.30 Å². The van der Waals surface area contributed by atoms with Crippen molar-refractivity contribution in [2.45, 2.75) is 45.2 Å². The first-order chi connectivity index (χ1) is 9.75. The summed E-state index contributed by atoms with van der Waals surface area (Å²) in [5.74, 6) is 0.790. The van der Waals surface area contributed by atoms with Crippen molar-refractivity contribution in [3.63, 3.8) is 0 Å². The summed E-state index contributed by atoms with van der Waals surface area (Å²) in [6.45, 7) is 9.26. The van der Waals surface area contributed by atoms with Gasteiger partial charge in [0.1, 0.15) is 5.82 Å². The Morgan fingerprint density at radius 3 is 2.48 bits per heavy atom. The fourth-order valence-corrected chi connectivity index (χ4v) is 2.91. The van der Waals surface area contributed by atoms with Crippen molar-refractivity contribution >= 4 is 45.8 Å². The van der Waals surface area contributed by atoms with Crippen LogP contribution in [-0.4, -0.2) is 21.8 Å². The Labute approximate surface area is 140 Å². The van der Waals surface area contributed by atoms with Crippen molar-refractivity contribution in [3.8, 4) is 0 Å². The molecule has 21 heavy (non-hydrogen) atoms. The van der Waals surface area contributed by atoms with E-state index in [4.69, 9.17) is 39.5 Å². The summed E-state index contributed by atoms with van der Waals surface area (Å²) in [5.41, 5.74) is 1.38. The van der Waals surface area contributed by atoms with Crippen LogP contribution in [-0.2, 0) is 11.3 Å². The Kier molecular flexibility index (Phi) is 5.09. The van der Waals surface area contributed by atoms with Crippen molar-refractivity contribution in [2.24, 2.45) is 0 Å². The lowest BCUT2D eigenvalue weighted by atomic mass is 10.1. The van der Waals surface area contributed by atoms with Gasteiger partial charge in [-0.05, 0) is 39.8 Å². The van der Waals surface area contributed by atoms with E-state index in [1.165, 1.54) is 0 Å².